The third kappa shape index (κ3) is 7.18. The Labute approximate surface area is 131 Å². The van der Waals surface area contributed by atoms with Crippen LogP contribution in [0.2, 0.25) is 0 Å². The zero-order valence-electron chi connectivity index (χ0n) is 13.2. The van der Waals surface area contributed by atoms with Crippen molar-refractivity contribution in [1.82, 2.24) is 5.32 Å². The lowest BCUT2D eigenvalue weighted by Crippen LogP contribution is -2.18. The van der Waals surface area contributed by atoms with Gasteiger partial charge in [0.25, 0.3) is 5.24 Å². The average Bonchev–Trinajstić information content (AvgIpc) is 3.12. The Hall–Kier alpha value is -1.49. The van der Waals surface area contributed by atoms with Gasteiger partial charge in [-0.2, -0.15) is 0 Å². The molecule has 0 bridgehead atoms. The smallest absolute Gasteiger partial charge is 0.286 e. The second-order valence-electron chi connectivity index (χ2n) is 3.93. The second-order valence-corrected chi connectivity index (χ2v) is 4.88. The van der Waals surface area contributed by atoms with Crippen molar-refractivity contribution < 1.29 is 14.7 Å². The van der Waals surface area contributed by atoms with E-state index in [2.05, 4.69) is 5.32 Å². The summed E-state index contributed by atoms with van der Waals surface area (Å²) in [7, 11) is 0. The molecule has 5 heteroatoms. The molecule has 4 nitrogen and oxygen atoms in total. The number of carbonyl (C=O) groups excluding carboxylic acids is 2. The van der Waals surface area contributed by atoms with E-state index >= 15 is 0 Å². The number of phenols is 1. The number of hydrogen-bond acceptors (Lipinski definition) is 4. The lowest BCUT2D eigenvalue weighted by Gasteiger charge is -1.97. The number of nitrogens with one attached hydrogen (secondary N) is 1. The molecule has 1 fully saturated rings. The molecule has 1 heterocycles. The standard InChI is InChI=1S/C9H10O.C3H3NO2S.2C2H6/c10-9-5-4-7-2-1-3-8(7)6-9;5-2-1-7-3(6)4-2;2*1-2/h4-6,10H,1-3H2;1H2,(H,4,5,6);2*1-2H3. The van der Waals surface area contributed by atoms with Crippen molar-refractivity contribution >= 4 is 22.9 Å². The van der Waals surface area contributed by atoms with E-state index in [0.717, 1.165) is 18.2 Å². The van der Waals surface area contributed by atoms with E-state index < -0.39 is 0 Å². The van der Waals surface area contributed by atoms with Gasteiger partial charge in [-0.25, -0.2) is 0 Å². The van der Waals surface area contributed by atoms with Gasteiger partial charge in [-0.3, -0.25) is 14.9 Å². The summed E-state index contributed by atoms with van der Waals surface area (Å²) in [6, 6.07) is 5.67. The minimum absolute atomic E-state index is 0.185. The quantitative estimate of drug-likeness (QED) is 0.762. The molecule has 0 aromatic heterocycles. The van der Waals surface area contributed by atoms with Crippen LogP contribution in [0, 0.1) is 0 Å². The van der Waals surface area contributed by atoms with E-state index in [4.69, 9.17) is 5.11 Å². The number of benzene rings is 1. The Balaban J connectivity index is 0.000000321. The third-order valence-electron chi connectivity index (χ3n) is 2.66. The van der Waals surface area contributed by atoms with Gasteiger partial charge in [-0.05, 0) is 42.5 Å². The first-order chi connectivity index (χ1) is 10.1. The normalized spacial score (nSPS) is 14.5. The molecule has 2 aliphatic rings. The topological polar surface area (TPSA) is 66.4 Å². The zero-order chi connectivity index (χ0) is 16.3. The van der Waals surface area contributed by atoms with Crippen LogP contribution in [0.4, 0.5) is 4.79 Å². The van der Waals surface area contributed by atoms with Gasteiger partial charge in [0, 0.05) is 0 Å². The number of imide groups is 1. The van der Waals surface area contributed by atoms with Crippen molar-refractivity contribution in [2.45, 2.75) is 47.0 Å². The maximum Gasteiger partial charge on any atom is 0.286 e. The molecular formula is C16H25NO3S. The average molecular weight is 311 g/mol. The maximum absolute atomic E-state index is 10.1. The molecule has 1 aliphatic heterocycles. The molecule has 118 valence electrons. The largest absolute Gasteiger partial charge is 0.508 e. The first-order valence-electron chi connectivity index (χ1n) is 7.42. The SMILES string of the molecule is CC.CC.O=C1CSC(=O)N1.Oc1ccc2c(c1)CCC2. The number of carbonyl (C=O) groups is 2. The van der Waals surface area contributed by atoms with E-state index in [9.17, 15) is 9.59 Å². The summed E-state index contributed by atoms with van der Waals surface area (Å²) in [5, 5.41) is 11.0. The van der Waals surface area contributed by atoms with Crippen molar-refractivity contribution in [3.05, 3.63) is 29.3 Å². The van der Waals surface area contributed by atoms with Crippen LogP contribution in [-0.4, -0.2) is 22.0 Å². The van der Waals surface area contributed by atoms with Crippen LogP contribution in [0.25, 0.3) is 0 Å². The highest BCUT2D eigenvalue weighted by atomic mass is 32.2. The molecule has 1 saturated heterocycles. The predicted octanol–water partition coefficient (Wildman–Crippen LogP) is 3.90. The van der Waals surface area contributed by atoms with Gasteiger partial charge in [0.2, 0.25) is 5.91 Å². The molecule has 0 unspecified atom stereocenters. The van der Waals surface area contributed by atoms with E-state index in [1.54, 1.807) is 6.07 Å². The van der Waals surface area contributed by atoms with Crippen LogP contribution in [-0.2, 0) is 17.6 Å². The predicted molar refractivity (Wildman–Crippen MR) is 88.8 cm³/mol. The Bertz CT molecular complexity index is 447. The molecule has 1 aromatic rings. The van der Waals surface area contributed by atoms with Crippen LogP contribution in [0.1, 0.15) is 45.2 Å². The fourth-order valence-corrected chi connectivity index (χ4v) is 2.40. The van der Waals surface area contributed by atoms with Crippen molar-refractivity contribution in [3.8, 4) is 5.75 Å². The summed E-state index contributed by atoms with van der Waals surface area (Å²) < 4.78 is 0. The van der Waals surface area contributed by atoms with Crippen LogP contribution in [0.5, 0.6) is 5.75 Å². The summed E-state index contributed by atoms with van der Waals surface area (Å²) in [4.78, 5) is 20.2. The fourth-order valence-electron chi connectivity index (χ4n) is 1.88. The van der Waals surface area contributed by atoms with E-state index in [-0.39, 0.29) is 11.1 Å². The maximum atomic E-state index is 10.1. The van der Waals surface area contributed by atoms with Gasteiger partial charge in [-0.15, -0.1) is 0 Å². The Morgan fingerprint density at radius 1 is 1.05 bits per heavy atom. The molecule has 0 radical (unpaired) electrons. The number of rotatable bonds is 0. The number of hydrogen-bond donors (Lipinski definition) is 2. The van der Waals surface area contributed by atoms with Crippen LogP contribution >= 0.6 is 11.8 Å². The summed E-state index contributed by atoms with van der Waals surface area (Å²) >= 11 is 1.01. The Kier molecular flexibility index (Phi) is 10.4. The minimum Gasteiger partial charge on any atom is -0.508 e. The number of aryl methyl sites for hydroxylation is 2. The molecule has 2 amide bonds. The monoisotopic (exact) mass is 311 g/mol. The summed E-state index contributed by atoms with van der Waals surface area (Å²) in [5.41, 5.74) is 2.75. The fraction of sp³-hybridized carbons (Fsp3) is 0.500. The summed E-state index contributed by atoms with van der Waals surface area (Å²) in [5.74, 6) is 0.509. The number of amides is 2. The molecule has 3 rings (SSSR count). The van der Waals surface area contributed by atoms with Crippen molar-refractivity contribution in [2.24, 2.45) is 0 Å². The third-order valence-corrected chi connectivity index (χ3v) is 3.43. The molecule has 1 aromatic carbocycles. The number of aromatic hydroxyl groups is 1. The number of fused-ring (bicyclic) bond motifs is 1. The highest BCUT2D eigenvalue weighted by molar-refractivity contribution is 8.14. The zero-order valence-corrected chi connectivity index (χ0v) is 14.0. The van der Waals surface area contributed by atoms with Crippen LogP contribution < -0.4 is 5.32 Å². The number of thioether (sulfide) groups is 1. The van der Waals surface area contributed by atoms with Crippen LogP contribution in [0.15, 0.2) is 18.2 Å². The number of phenolic OH excluding ortho intramolecular Hbond substituents is 1. The Morgan fingerprint density at radius 3 is 2.14 bits per heavy atom. The van der Waals surface area contributed by atoms with Gasteiger partial charge in [0.05, 0.1) is 5.75 Å². The molecular weight excluding hydrogens is 286 g/mol. The lowest BCUT2D eigenvalue weighted by atomic mass is 10.1. The lowest BCUT2D eigenvalue weighted by molar-refractivity contribution is -0.117. The second kappa shape index (κ2) is 11.2. The molecule has 0 saturated carbocycles. The van der Waals surface area contributed by atoms with Gasteiger partial charge in [0.1, 0.15) is 5.75 Å². The van der Waals surface area contributed by atoms with Crippen LogP contribution in [0.3, 0.4) is 0 Å². The molecule has 21 heavy (non-hydrogen) atoms. The van der Waals surface area contributed by atoms with Crippen molar-refractivity contribution in [3.63, 3.8) is 0 Å². The van der Waals surface area contributed by atoms with Gasteiger partial charge < -0.3 is 5.11 Å². The molecule has 2 N–H and O–H groups in total. The van der Waals surface area contributed by atoms with Crippen molar-refractivity contribution in [2.75, 3.05) is 5.75 Å². The summed E-state index contributed by atoms with van der Waals surface area (Å²) in [6.45, 7) is 8.00. The Morgan fingerprint density at radius 2 is 1.67 bits per heavy atom. The van der Waals surface area contributed by atoms with E-state index in [0.29, 0.717) is 11.5 Å². The van der Waals surface area contributed by atoms with Gasteiger partial charge in [0.15, 0.2) is 0 Å². The molecule has 1 aliphatic carbocycles. The summed E-state index contributed by atoms with van der Waals surface area (Å²) in [6.07, 6.45) is 3.58. The highest BCUT2D eigenvalue weighted by Crippen LogP contribution is 2.24. The van der Waals surface area contributed by atoms with E-state index in [1.165, 1.54) is 24.0 Å². The van der Waals surface area contributed by atoms with E-state index in [1.807, 2.05) is 39.8 Å². The molecule has 0 spiro atoms. The van der Waals surface area contributed by atoms with Gasteiger partial charge >= 0.3 is 0 Å². The first-order valence-corrected chi connectivity index (χ1v) is 8.41. The highest BCUT2D eigenvalue weighted by Gasteiger charge is 2.16. The van der Waals surface area contributed by atoms with Crippen molar-refractivity contribution in [1.29, 1.82) is 0 Å². The minimum atomic E-state index is -0.231. The molecule has 0 atom stereocenters. The van der Waals surface area contributed by atoms with Gasteiger partial charge in [-0.1, -0.05) is 45.5 Å². The first kappa shape index (κ1) is 19.5.